The van der Waals surface area contributed by atoms with Crippen LogP contribution in [0.2, 0.25) is 0 Å². The number of halogens is 1. The lowest BCUT2D eigenvalue weighted by molar-refractivity contribution is 0.0657. The van der Waals surface area contributed by atoms with E-state index >= 15 is 0 Å². The van der Waals surface area contributed by atoms with Crippen molar-refractivity contribution in [3.63, 3.8) is 0 Å². The molecular weight excluding hydrogens is 517 g/mol. The summed E-state index contributed by atoms with van der Waals surface area (Å²) >= 11 is 0. The Morgan fingerprint density at radius 1 is 1.20 bits per heavy atom. The predicted molar refractivity (Wildman–Crippen MR) is 130 cm³/mol. The average Bonchev–Trinajstić information content (AvgIpc) is 2.98. The lowest BCUT2D eigenvalue weighted by atomic mass is 9.96. The highest BCUT2D eigenvalue weighted by atomic mass is 127. The summed E-state index contributed by atoms with van der Waals surface area (Å²) in [6, 6.07) is 8.71. The summed E-state index contributed by atoms with van der Waals surface area (Å²) in [6.07, 6.45) is 1.91. The molecule has 3 N–H and O–H groups in total. The summed E-state index contributed by atoms with van der Waals surface area (Å²) < 4.78 is 28.6. The molecule has 0 fully saturated rings. The molecule has 2 aromatic rings. The Morgan fingerprint density at radius 2 is 1.83 bits per heavy atom. The summed E-state index contributed by atoms with van der Waals surface area (Å²) in [6.45, 7) is 8.88. The van der Waals surface area contributed by atoms with Gasteiger partial charge in [-0.3, -0.25) is 0 Å². The van der Waals surface area contributed by atoms with E-state index in [2.05, 4.69) is 15.6 Å². The van der Waals surface area contributed by atoms with Crippen molar-refractivity contribution in [3.8, 4) is 0 Å². The predicted octanol–water partition coefficient (Wildman–Crippen LogP) is 2.92. The molecule has 0 amide bonds. The highest BCUT2D eigenvalue weighted by molar-refractivity contribution is 14.0. The Balaban J connectivity index is 0.00000450. The molecule has 0 aliphatic heterocycles. The first-order valence-electron chi connectivity index (χ1n) is 9.64. The molecule has 9 heteroatoms. The van der Waals surface area contributed by atoms with Crippen molar-refractivity contribution < 1.29 is 17.9 Å². The monoisotopic (exact) mass is 549 g/mol. The van der Waals surface area contributed by atoms with Crippen LogP contribution in [0, 0.1) is 13.8 Å². The maximum absolute atomic E-state index is 11.5. The van der Waals surface area contributed by atoms with Crippen molar-refractivity contribution in [2.24, 2.45) is 4.99 Å². The fourth-order valence-corrected chi connectivity index (χ4v) is 3.68. The topological polar surface area (TPSA) is 104 Å². The van der Waals surface area contributed by atoms with Gasteiger partial charge in [0, 0.05) is 24.9 Å². The molecule has 2 rings (SSSR count). The molecule has 1 atom stereocenters. The summed E-state index contributed by atoms with van der Waals surface area (Å²) in [7, 11) is -3.18. The van der Waals surface area contributed by atoms with E-state index < -0.39 is 15.4 Å². The standard InChI is InChI=1S/C21H31N3O4S.HI/c1-6-22-20(24-14-21(4,25)19-13-15(2)28-16(19)3)23-12-11-17-7-9-18(10-8-17)29(5,26)27;/h7-10,13,25H,6,11-12,14H2,1-5H3,(H2,22,23,24);1H. The molecule has 0 aliphatic carbocycles. The Kier molecular flexibility index (Phi) is 9.83. The minimum absolute atomic E-state index is 0. The molecule has 1 heterocycles. The Bertz CT molecular complexity index is 951. The maximum atomic E-state index is 11.5. The van der Waals surface area contributed by atoms with Gasteiger partial charge in [0.05, 0.1) is 11.4 Å². The first kappa shape index (κ1) is 26.4. The molecule has 0 spiro atoms. The summed E-state index contributed by atoms with van der Waals surface area (Å²) in [5, 5.41) is 17.2. The molecule has 0 saturated heterocycles. The van der Waals surface area contributed by atoms with Gasteiger partial charge in [-0.15, -0.1) is 24.0 Å². The second-order valence-corrected chi connectivity index (χ2v) is 9.40. The zero-order valence-corrected chi connectivity index (χ0v) is 21.3. The van der Waals surface area contributed by atoms with Crippen LogP contribution in [0.1, 0.15) is 36.5 Å². The van der Waals surface area contributed by atoms with Gasteiger partial charge in [-0.1, -0.05) is 12.1 Å². The van der Waals surface area contributed by atoms with E-state index in [-0.39, 0.29) is 30.5 Å². The number of furan rings is 1. The van der Waals surface area contributed by atoms with Gasteiger partial charge in [-0.2, -0.15) is 0 Å². The number of nitrogens with one attached hydrogen (secondary N) is 2. The second kappa shape index (κ2) is 11.1. The molecule has 0 saturated carbocycles. The number of aliphatic imine (C=N–C) groups is 1. The van der Waals surface area contributed by atoms with Crippen molar-refractivity contribution in [1.29, 1.82) is 0 Å². The molecule has 7 nitrogen and oxygen atoms in total. The minimum atomic E-state index is -3.18. The maximum Gasteiger partial charge on any atom is 0.191 e. The van der Waals surface area contributed by atoms with Crippen LogP contribution >= 0.6 is 24.0 Å². The van der Waals surface area contributed by atoms with Gasteiger partial charge in [0.15, 0.2) is 15.8 Å². The molecular formula is C21H32IN3O4S. The number of benzene rings is 1. The van der Waals surface area contributed by atoms with E-state index in [0.717, 1.165) is 16.9 Å². The van der Waals surface area contributed by atoms with Crippen LogP contribution in [0.25, 0.3) is 0 Å². The molecule has 0 aliphatic rings. The fourth-order valence-electron chi connectivity index (χ4n) is 3.05. The zero-order chi connectivity index (χ0) is 21.7. The normalized spacial score (nSPS) is 14.0. The van der Waals surface area contributed by atoms with Gasteiger partial charge in [0.1, 0.15) is 17.1 Å². The van der Waals surface area contributed by atoms with Crippen molar-refractivity contribution in [2.45, 2.75) is 44.6 Å². The largest absolute Gasteiger partial charge is 0.466 e. The number of aryl methyl sites for hydroxylation is 2. The van der Waals surface area contributed by atoms with Crippen molar-refractivity contribution >= 4 is 39.8 Å². The number of hydrogen-bond donors (Lipinski definition) is 3. The Hall–Kier alpha value is -1.59. The average molecular weight is 549 g/mol. The quantitative estimate of drug-likeness (QED) is 0.266. The van der Waals surface area contributed by atoms with Gasteiger partial charge >= 0.3 is 0 Å². The van der Waals surface area contributed by atoms with Gasteiger partial charge < -0.3 is 20.2 Å². The van der Waals surface area contributed by atoms with Crippen LogP contribution < -0.4 is 10.6 Å². The molecule has 0 radical (unpaired) electrons. The third kappa shape index (κ3) is 7.59. The highest BCUT2D eigenvalue weighted by Crippen LogP contribution is 2.27. The van der Waals surface area contributed by atoms with Crippen LogP contribution in [0.4, 0.5) is 0 Å². The lowest BCUT2D eigenvalue weighted by Crippen LogP contribution is -2.39. The third-order valence-corrected chi connectivity index (χ3v) is 5.70. The lowest BCUT2D eigenvalue weighted by Gasteiger charge is -2.21. The molecule has 1 aromatic carbocycles. The van der Waals surface area contributed by atoms with Crippen LogP contribution in [0.3, 0.4) is 0 Å². The number of nitrogens with zero attached hydrogens (tertiary/aromatic N) is 1. The number of rotatable bonds is 8. The molecule has 0 bridgehead atoms. The first-order valence-corrected chi connectivity index (χ1v) is 11.5. The third-order valence-electron chi connectivity index (χ3n) is 4.57. The van der Waals surface area contributed by atoms with Crippen LogP contribution in [-0.2, 0) is 21.9 Å². The Labute approximate surface area is 196 Å². The SMILES string of the molecule is CCNC(=NCC(C)(O)c1cc(C)oc1C)NCCc1ccc(S(C)(=O)=O)cc1.I. The van der Waals surface area contributed by atoms with Gasteiger partial charge in [0.2, 0.25) is 0 Å². The number of sulfone groups is 1. The van der Waals surface area contributed by atoms with Crippen LogP contribution in [0.15, 0.2) is 44.6 Å². The molecule has 30 heavy (non-hydrogen) atoms. The van der Waals surface area contributed by atoms with E-state index in [4.69, 9.17) is 4.42 Å². The van der Waals surface area contributed by atoms with E-state index in [9.17, 15) is 13.5 Å². The number of hydrogen-bond acceptors (Lipinski definition) is 5. The first-order chi connectivity index (χ1) is 13.5. The summed E-state index contributed by atoms with van der Waals surface area (Å²) in [5.41, 5.74) is 0.629. The second-order valence-electron chi connectivity index (χ2n) is 7.39. The summed E-state index contributed by atoms with van der Waals surface area (Å²) in [5.74, 6) is 2.06. The molecule has 168 valence electrons. The van der Waals surface area contributed by atoms with E-state index in [1.54, 1.807) is 19.1 Å². The van der Waals surface area contributed by atoms with E-state index in [0.29, 0.717) is 36.1 Å². The number of guanidine groups is 1. The molecule has 1 aromatic heterocycles. The smallest absolute Gasteiger partial charge is 0.191 e. The van der Waals surface area contributed by atoms with Crippen LogP contribution in [-0.4, -0.2) is 45.4 Å². The molecule has 1 unspecified atom stereocenters. The Morgan fingerprint density at radius 3 is 2.33 bits per heavy atom. The van der Waals surface area contributed by atoms with Gasteiger partial charge in [-0.05, 0) is 57.9 Å². The van der Waals surface area contributed by atoms with Crippen molar-refractivity contribution in [2.75, 3.05) is 25.9 Å². The van der Waals surface area contributed by atoms with Crippen molar-refractivity contribution in [1.82, 2.24) is 10.6 Å². The minimum Gasteiger partial charge on any atom is -0.466 e. The van der Waals surface area contributed by atoms with Crippen molar-refractivity contribution in [3.05, 3.63) is 53.0 Å². The van der Waals surface area contributed by atoms with E-state index in [1.165, 1.54) is 6.26 Å². The highest BCUT2D eigenvalue weighted by Gasteiger charge is 2.27. The zero-order valence-electron chi connectivity index (χ0n) is 18.2. The fraction of sp³-hybridized carbons (Fsp3) is 0.476. The van der Waals surface area contributed by atoms with Crippen LogP contribution in [0.5, 0.6) is 0 Å². The van der Waals surface area contributed by atoms with Gasteiger partial charge in [-0.25, -0.2) is 13.4 Å². The van der Waals surface area contributed by atoms with Gasteiger partial charge in [0.25, 0.3) is 0 Å². The number of aliphatic hydroxyl groups is 1. The summed E-state index contributed by atoms with van der Waals surface area (Å²) in [4.78, 5) is 4.83. The van der Waals surface area contributed by atoms with E-state index in [1.807, 2.05) is 39.0 Å².